The molecule has 0 aromatic heterocycles. The second-order valence-corrected chi connectivity index (χ2v) is 7.43. The first kappa shape index (κ1) is 17.8. The van der Waals surface area contributed by atoms with E-state index in [1.54, 1.807) is 0 Å². The zero-order valence-corrected chi connectivity index (χ0v) is 15.7. The van der Waals surface area contributed by atoms with Gasteiger partial charge in [-0.05, 0) is 46.4 Å². The molecule has 0 aliphatic rings. The van der Waals surface area contributed by atoms with E-state index in [-0.39, 0.29) is 0 Å². The van der Waals surface area contributed by atoms with Crippen molar-refractivity contribution < 1.29 is 0 Å². The van der Waals surface area contributed by atoms with Crippen LogP contribution in [-0.2, 0) is 5.41 Å². The maximum atomic E-state index is 2.37. The highest BCUT2D eigenvalue weighted by Crippen LogP contribution is 2.33. The Labute approximate surface area is 143 Å². The lowest BCUT2D eigenvalue weighted by atomic mass is 9.77. The van der Waals surface area contributed by atoms with Crippen molar-refractivity contribution in [2.24, 2.45) is 0 Å². The molecule has 0 N–H and O–H groups in total. The van der Waals surface area contributed by atoms with Crippen molar-refractivity contribution in [2.45, 2.75) is 71.6 Å². The first-order valence-electron chi connectivity index (χ1n) is 9.11. The third-order valence-corrected chi connectivity index (χ3v) is 5.77. The Morgan fingerprint density at radius 2 is 1.09 bits per heavy atom. The van der Waals surface area contributed by atoms with Gasteiger partial charge in [-0.2, -0.15) is 0 Å². The van der Waals surface area contributed by atoms with Gasteiger partial charge in [0.25, 0.3) is 0 Å². The van der Waals surface area contributed by atoms with E-state index >= 15 is 0 Å². The second kappa shape index (κ2) is 7.34. The number of rotatable bonds is 6. The monoisotopic (exact) mass is 308 g/mol. The minimum Gasteiger partial charge on any atom is -0.0645 e. The molecule has 0 heteroatoms. The highest BCUT2D eigenvalue weighted by molar-refractivity contribution is 5.37. The van der Waals surface area contributed by atoms with Crippen molar-refractivity contribution in [2.75, 3.05) is 0 Å². The molecular weight excluding hydrogens is 276 g/mol. The molecule has 0 saturated heterocycles. The van der Waals surface area contributed by atoms with E-state index in [0.717, 1.165) is 0 Å². The average Bonchev–Trinajstić information content (AvgIpc) is 2.60. The minimum absolute atomic E-state index is 0.306. The Morgan fingerprint density at radius 1 is 0.696 bits per heavy atom. The van der Waals surface area contributed by atoms with Crippen LogP contribution in [-0.4, -0.2) is 0 Å². The molecule has 0 radical (unpaired) electrons. The van der Waals surface area contributed by atoms with Crippen LogP contribution in [0.1, 0.15) is 88.5 Å². The quantitative estimate of drug-likeness (QED) is 0.537. The fourth-order valence-corrected chi connectivity index (χ4v) is 3.19. The standard InChI is InChI=1S/C23H32/c1-7-23(6,8-2)22-15-13-21(14-16-22)18(5)20-11-9-19(10-12-20)17(3)4/h9-18H,7-8H2,1-6H3. The first-order chi connectivity index (χ1) is 10.9. The van der Waals surface area contributed by atoms with Crippen LogP contribution < -0.4 is 0 Å². The molecule has 0 bridgehead atoms. The Bertz CT molecular complexity index is 597. The molecule has 2 aromatic carbocycles. The molecule has 0 nitrogen and oxygen atoms in total. The van der Waals surface area contributed by atoms with E-state index in [9.17, 15) is 0 Å². The van der Waals surface area contributed by atoms with Gasteiger partial charge in [-0.25, -0.2) is 0 Å². The molecule has 2 aromatic rings. The fourth-order valence-electron chi connectivity index (χ4n) is 3.19. The van der Waals surface area contributed by atoms with Crippen LogP contribution in [0, 0.1) is 0 Å². The Hall–Kier alpha value is -1.56. The van der Waals surface area contributed by atoms with E-state index in [0.29, 0.717) is 17.3 Å². The SMILES string of the molecule is CCC(C)(CC)c1ccc(C(C)c2ccc(C(C)C)cc2)cc1. The highest BCUT2D eigenvalue weighted by atomic mass is 14.3. The van der Waals surface area contributed by atoms with Gasteiger partial charge >= 0.3 is 0 Å². The lowest BCUT2D eigenvalue weighted by molar-refractivity contribution is 0.439. The normalized spacial score (nSPS) is 13.3. The van der Waals surface area contributed by atoms with E-state index in [1.165, 1.54) is 35.1 Å². The van der Waals surface area contributed by atoms with Crippen LogP contribution in [0.3, 0.4) is 0 Å². The summed E-state index contributed by atoms with van der Waals surface area (Å²) in [6.45, 7) is 13.7. The van der Waals surface area contributed by atoms with E-state index in [4.69, 9.17) is 0 Å². The minimum atomic E-state index is 0.306. The predicted molar refractivity (Wildman–Crippen MR) is 102 cm³/mol. The topological polar surface area (TPSA) is 0 Å². The van der Waals surface area contributed by atoms with Gasteiger partial charge in [-0.3, -0.25) is 0 Å². The molecule has 2 rings (SSSR count). The van der Waals surface area contributed by atoms with E-state index in [1.807, 2.05) is 0 Å². The Kier molecular flexibility index (Phi) is 5.68. The van der Waals surface area contributed by atoms with Gasteiger partial charge in [0.1, 0.15) is 0 Å². The first-order valence-corrected chi connectivity index (χ1v) is 9.11. The van der Waals surface area contributed by atoms with Crippen LogP contribution >= 0.6 is 0 Å². The van der Waals surface area contributed by atoms with Crippen LogP contribution in [0.25, 0.3) is 0 Å². The van der Waals surface area contributed by atoms with Gasteiger partial charge in [-0.1, -0.05) is 90.1 Å². The molecule has 1 atom stereocenters. The summed E-state index contributed by atoms with van der Waals surface area (Å²) in [6.07, 6.45) is 2.38. The molecule has 0 aliphatic carbocycles. The summed E-state index contributed by atoms with van der Waals surface area (Å²) >= 11 is 0. The van der Waals surface area contributed by atoms with Gasteiger partial charge in [0.15, 0.2) is 0 Å². The average molecular weight is 309 g/mol. The zero-order chi connectivity index (χ0) is 17.0. The van der Waals surface area contributed by atoms with Crippen molar-refractivity contribution in [3.63, 3.8) is 0 Å². The molecule has 1 unspecified atom stereocenters. The van der Waals surface area contributed by atoms with Crippen LogP contribution in [0.2, 0.25) is 0 Å². The summed E-state index contributed by atoms with van der Waals surface area (Å²) in [4.78, 5) is 0. The van der Waals surface area contributed by atoms with Gasteiger partial charge in [0.05, 0.1) is 0 Å². The maximum absolute atomic E-state index is 2.37. The molecule has 0 spiro atoms. The van der Waals surface area contributed by atoms with E-state index < -0.39 is 0 Å². The largest absolute Gasteiger partial charge is 0.0645 e. The zero-order valence-electron chi connectivity index (χ0n) is 15.7. The maximum Gasteiger partial charge on any atom is 0.00610 e. The summed E-state index contributed by atoms with van der Waals surface area (Å²) in [6, 6.07) is 18.4. The number of hydrogen-bond acceptors (Lipinski definition) is 0. The van der Waals surface area contributed by atoms with Gasteiger partial charge < -0.3 is 0 Å². The van der Waals surface area contributed by atoms with Crippen LogP contribution in [0.4, 0.5) is 0 Å². The van der Waals surface area contributed by atoms with Gasteiger partial charge in [0, 0.05) is 5.92 Å². The summed E-state index contributed by atoms with van der Waals surface area (Å²) in [5.41, 5.74) is 5.99. The highest BCUT2D eigenvalue weighted by Gasteiger charge is 2.22. The Balaban J connectivity index is 2.21. The fraction of sp³-hybridized carbons (Fsp3) is 0.478. The molecule has 0 heterocycles. The molecule has 23 heavy (non-hydrogen) atoms. The van der Waals surface area contributed by atoms with Crippen molar-refractivity contribution in [3.8, 4) is 0 Å². The van der Waals surface area contributed by atoms with Crippen LogP contribution in [0.5, 0.6) is 0 Å². The van der Waals surface area contributed by atoms with Crippen LogP contribution in [0.15, 0.2) is 48.5 Å². The number of hydrogen-bond donors (Lipinski definition) is 0. The third-order valence-electron chi connectivity index (χ3n) is 5.77. The Morgan fingerprint density at radius 3 is 1.48 bits per heavy atom. The number of benzene rings is 2. The smallest absolute Gasteiger partial charge is 0.00610 e. The summed E-state index contributed by atoms with van der Waals surface area (Å²) in [5, 5.41) is 0. The molecule has 0 saturated carbocycles. The van der Waals surface area contributed by atoms with Crippen molar-refractivity contribution in [1.29, 1.82) is 0 Å². The van der Waals surface area contributed by atoms with Crippen molar-refractivity contribution in [1.82, 2.24) is 0 Å². The molecule has 0 aliphatic heterocycles. The third kappa shape index (κ3) is 3.86. The summed E-state index contributed by atoms with van der Waals surface area (Å²) < 4.78 is 0. The summed E-state index contributed by atoms with van der Waals surface area (Å²) in [7, 11) is 0. The molecule has 0 amide bonds. The second-order valence-electron chi connectivity index (χ2n) is 7.43. The lowest BCUT2D eigenvalue weighted by Gasteiger charge is -2.28. The van der Waals surface area contributed by atoms with Crippen molar-refractivity contribution >= 4 is 0 Å². The van der Waals surface area contributed by atoms with Gasteiger partial charge in [0.2, 0.25) is 0 Å². The predicted octanol–water partition coefficient (Wildman–Crippen LogP) is 7.04. The molecule has 0 fully saturated rings. The van der Waals surface area contributed by atoms with E-state index in [2.05, 4.69) is 90.1 Å². The summed E-state index contributed by atoms with van der Waals surface area (Å²) in [5.74, 6) is 1.04. The lowest BCUT2D eigenvalue weighted by Crippen LogP contribution is -2.19. The van der Waals surface area contributed by atoms with Crippen molar-refractivity contribution in [3.05, 3.63) is 70.8 Å². The molecule has 124 valence electrons. The molecular formula is C23H32. The van der Waals surface area contributed by atoms with Gasteiger partial charge in [-0.15, -0.1) is 0 Å².